The van der Waals surface area contributed by atoms with E-state index in [1.165, 1.54) is 0 Å². The number of nitrogens with zero attached hydrogens (tertiary/aromatic N) is 2. The van der Waals surface area contributed by atoms with Crippen LogP contribution in [0.3, 0.4) is 0 Å². The molecule has 0 spiro atoms. The van der Waals surface area contributed by atoms with Gasteiger partial charge in [-0.05, 0) is 12.6 Å². The van der Waals surface area contributed by atoms with Crippen molar-refractivity contribution in [3.63, 3.8) is 0 Å². The van der Waals surface area contributed by atoms with Gasteiger partial charge in [-0.1, -0.05) is 11.6 Å². The van der Waals surface area contributed by atoms with Crippen molar-refractivity contribution in [1.29, 1.82) is 0 Å². The van der Waals surface area contributed by atoms with Crippen molar-refractivity contribution in [2.45, 2.75) is 0 Å². The Morgan fingerprint density at radius 1 is 1.62 bits per heavy atom. The lowest BCUT2D eigenvalue weighted by atomic mass is 10.00. The van der Waals surface area contributed by atoms with Crippen LogP contribution in [0.1, 0.15) is 0 Å². The molecule has 0 aliphatic carbocycles. The molecule has 0 radical (unpaired) electrons. The van der Waals surface area contributed by atoms with Crippen molar-refractivity contribution in [3.8, 4) is 0 Å². The molecule has 2 heterocycles. The Morgan fingerprint density at radius 3 is 3.00 bits per heavy atom. The molecule has 0 atom stereocenters. The first-order valence-electron chi connectivity index (χ1n) is 4.36. The van der Waals surface area contributed by atoms with Gasteiger partial charge in [0.1, 0.15) is 0 Å². The second-order valence-electron chi connectivity index (χ2n) is 3.33. The maximum Gasteiger partial charge on any atom is 0.0822 e. The van der Waals surface area contributed by atoms with E-state index in [1.807, 2.05) is 6.07 Å². The molecule has 0 unspecified atom stereocenters. The Hall–Kier alpha value is -0.800. The van der Waals surface area contributed by atoms with E-state index in [2.05, 4.69) is 9.88 Å². The molecule has 70 valence electrons. The van der Waals surface area contributed by atoms with E-state index in [1.54, 1.807) is 12.4 Å². The van der Waals surface area contributed by atoms with Crippen molar-refractivity contribution >= 4 is 17.3 Å². The summed E-state index contributed by atoms with van der Waals surface area (Å²) in [5.74, 6) is 0.629. The molecular formula is C9H12ClN3. The number of pyridine rings is 1. The Balaban J connectivity index is 2.07. The van der Waals surface area contributed by atoms with Crippen LogP contribution in [0.4, 0.5) is 5.69 Å². The van der Waals surface area contributed by atoms with E-state index in [4.69, 9.17) is 17.3 Å². The summed E-state index contributed by atoms with van der Waals surface area (Å²) >= 11 is 5.99. The van der Waals surface area contributed by atoms with Gasteiger partial charge < -0.3 is 10.6 Å². The fourth-order valence-corrected chi connectivity index (χ4v) is 1.78. The summed E-state index contributed by atoms with van der Waals surface area (Å²) < 4.78 is 0. The average Bonchev–Trinajstić information content (AvgIpc) is 2.06. The van der Waals surface area contributed by atoms with Crippen LogP contribution in [0.2, 0.25) is 5.02 Å². The summed E-state index contributed by atoms with van der Waals surface area (Å²) in [6.45, 7) is 2.79. The number of nitrogens with two attached hydrogens (primary N) is 1. The number of hydrogen-bond donors (Lipinski definition) is 1. The van der Waals surface area contributed by atoms with Gasteiger partial charge in [0, 0.05) is 31.4 Å². The molecule has 1 saturated heterocycles. The molecule has 0 bridgehead atoms. The summed E-state index contributed by atoms with van der Waals surface area (Å²) in [6.07, 6.45) is 3.43. The second kappa shape index (κ2) is 3.52. The Labute approximate surface area is 82.5 Å². The van der Waals surface area contributed by atoms with Gasteiger partial charge in [0.25, 0.3) is 0 Å². The van der Waals surface area contributed by atoms with Crippen molar-refractivity contribution in [3.05, 3.63) is 23.5 Å². The van der Waals surface area contributed by atoms with Crippen LogP contribution >= 0.6 is 11.6 Å². The molecule has 2 rings (SSSR count). The molecule has 1 aliphatic heterocycles. The molecule has 3 nitrogen and oxygen atoms in total. The van der Waals surface area contributed by atoms with E-state index in [-0.39, 0.29) is 0 Å². The quantitative estimate of drug-likeness (QED) is 0.773. The lowest BCUT2D eigenvalue weighted by Crippen LogP contribution is -2.50. The Kier molecular flexibility index (Phi) is 2.38. The first kappa shape index (κ1) is 8.78. The van der Waals surface area contributed by atoms with Gasteiger partial charge in [0.05, 0.1) is 10.7 Å². The van der Waals surface area contributed by atoms with E-state index in [0.717, 1.165) is 30.3 Å². The molecule has 13 heavy (non-hydrogen) atoms. The molecular weight excluding hydrogens is 186 g/mol. The zero-order valence-electron chi connectivity index (χ0n) is 7.28. The predicted octanol–water partition coefficient (Wildman–Crippen LogP) is 1.13. The number of anilines is 1. The number of rotatable bonds is 2. The highest BCUT2D eigenvalue weighted by Crippen LogP contribution is 2.29. The molecule has 2 N–H and O–H groups in total. The molecule has 0 saturated carbocycles. The normalized spacial score (nSPS) is 17.2. The van der Waals surface area contributed by atoms with Crippen molar-refractivity contribution in [2.24, 2.45) is 11.7 Å². The third kappa shape index (κ3) is 1.62. The lowest BCUT2D eigenvalue weighted by Gasteiger charge is -2.40. The van der Waals surface area contributed by atoms with Crippen LogP contribution in [0.25, 0.3) is 0 Å². The molecule has 4 heteroatoms. The van der Waals surface area contributed by atoms with Gasteiger partial charge in [-0.25, -0.2) is 0 Å². The number of aromatic nitrogens is 1. The highest BCUT2D eigenvalue weighted by molar-refractivity contribution is 6.33. The number of halogens is 1. The lowest BCUT2D eigenvalue weighted by molar-refractivity contribution is 0.420. The molecule has 0 aromatic carbocycles. The predicted molar refractivity (Wildman–Crippen MR) is 54.0 cm³/mol. The SMILES string of the molecule is NCC1CN(c2ccncc2Cl)C1. The summed E-state index contributed by atoms with van der Waals surface area (Å²) in [5, 5.41) is 0.720. The fraction of sp³-hybridized carbons (Fsp3) is 0.444. The minimum Gasteiger partial charge on any atom is -0.369 e. The fourth-order valence-electron chi connectivity index (χ4n) is 1.54. The van der Waals surface area contributed by atoms with Crippen LogP contribution < -0.4 is 10.6 Å². The van der Waals surface area contributed by atoms with Crippen LogP contribution in [-0.2, 0) is 0 Å². The van der Waals surface area contributed by atoms with E-state index < -0.39 is 0 Å². The zero-order chi connectivity index (χ0) is 9.26. The summed E-state index contributed by atoms with van der Waals surface area (Å²) in [7, 11) is 0. The van der Waals surface area contributed by atoms with Crippen LogP contribution in [0, 0.1) is 5.92 Å². The smallest absolute Gasteiger partial charge is 0.0822 e. The molecule has 1 aromatic rings. The Morgan fingerprint density at radius 2 is 2.38 bits per heavy atom. The van der Waals surface area contributed by atoms with E-state index in [9.17, 15) is 0 Å². The van der Waals surface area contributed by atoms with Gasteiger partial charge in [-0.15, -0.1) is 0 Å². The first-order valence-corrected chi connectivity index (χ1v) is 4.73. The molecule has 0 amide bonds. The van der Waals surface area contributed by atoms with E-state index >= 15 is 0 Å². The minimum absolute atomic E-state index is 0.629. The number of hydrogen-bond acceptors (Lipinski definition) is 3. The molecule has 1 aliphatic rings. The van der Waals surface area contributed by atoms with Crippen LogP contribution in [0.15, 0.2) is 18.5 Å². The maximum atomic E-state index is 5.99. The van der Waals surface area contributed by atoms with Crippen molar-refractivity contribution < 1.29 is 0 Å². The summed E-state index contributed by atoms with van der Waals surface area (Å²) in [5.41, 5.74) is 6.61. The Bertz CT molecular complexity index is 297. The highest BCUT2D eigenvalue weighted by Gasteiger charge is 2.26. The van der Waals surface area contributed by atoms with Gasteiger partial charge in [0.2, 0.25) is 0 Å². The van der Waals surface area contributed by atoms with Crippen LogP contribution in [0.5, 0.6) is 0 Å². The maximum absolute atomic E-state index is 5.99. The van der Waals surface area contributed by atoms with E-state index in [0.29, 0.717) is 5.92 Å². The third-order valence-electron chi connectivity index (χ3n) is 2.38. The zero-order valence-corrected chi connectivity index (χ0v) is 8.04. The first-order chi connectivity index (χ1) is 6.31. The summed E-state index contributed by atoms with van der Waals surface area (Å²) in [6, 6.07) is 1.94. The van der Waals surface area contributed by atoms with Gasteiger partial charge in [-0.2, -0.15) is 0 Å². The molecule has 1 fully saturated rings. The topological polar surface area (TPSA) is 42.1 Å². The van der Waals surface area contributed by atoms with Crippen LogP contribution in [-0.4, -0.2) is 24.6 Å². The largest absolute Gasteiger partial charge is 0.369 e. The minimum atomic E-state index is 0.629. The van der Waals surface area contributed by atoms with Crippen molar-refractivity contribution in [2.75, 3.05) is 24.5 Å². The van der Waals surface area contributed by atoms with Gasteiger partial charge in [0.15, 0.2) is 0 Å². The summed E-state index contributed by atoms with van der Waals surface area (Å²) in [4.78, 5) is 6.17. The monoisotopic (exact) mass is 197 g/mol. The van der Waals surface area contributed by atoms with Crippen molar-refractivity contribution in [1.82, 2.24) is 4.98 Å². The average molecular weight is 198 g/mol. The standard InChI is InChI=1S/C9H12ClN3/c10-8-4-12-2-1-9(8)13-5-7(3-11)6-13/h1-2,4,7H,3,5-6,11H2. The highest BCUT2D eigenvalue weighted by atomic mass is 35.5. The second-order valence-corrected chi connectivity index (χ2v) is 3.74. The van der Waals surface area contributed by atoms with Gasteiger partial charge >= 0.3 is 0 Å². The third-order valence-corrected chi connectivity index (χ3v) is 2.67. The van der Waals surface area contributed by atoms with Gasteiger partial charge in [-0.3, -0.25) is 4.98 Å². The molecule has 1 aromatic heterocycles.